The van der Waals surface area contributed by atoms with E-state index in [1.165, 1.54) is 6.20 Å². The molecular formula is C9H13BrN2O2. The Kier molecular flexibility index (Phi) is 4.13. The number of aromatic nitrogens is 1. The first-order valence-electron chi connectivity index (χ1n) is 4.47. The molecule has 0 spiro atoms. The van der Waals surface area contributed by atoms with E-state index in [9.17, 15) is 4.79 Å². The number of halogens is 1. The first-order valence-corrected chi connectivity index (χ1v) is 5.59. The van der Waals surface area contributed by atoms with Gasteiger partial charge in [-0.05, 0) is 13.8 Å². The highest BCUT2D eigenvalue weighted by Gasteiger charge is 2.18. The summed E-state index contributed by atoms with van der Waals surface area (Å²) in [4.78, 5) is 13.6. The van der Waals surface area contributed by atoms with Crippen molar-refractivity contribution >= 4 is 21.8 Å². The molecule has 0 aliphatic rings. The summed E-state index contributed by atoms with van der Waals surface area (Å²) < 4.78 is 4.85. The van der Waals surface area contributed by atoms with Crippen LogP contribution in [0, 0.1) is 6.92 Å². The lowest BCUT2D eigenvalue weighted by Gasteiger charge is -2.18. The fourth-order valence-electron chi connectivity index (χ4n) is 1.18. The molecule has 1 rings (SSSR count). The maximum absolute atomic E-state index is 11.9. The number of rotatable bonds is 4. The van der Waals surface area contributed by atoms with Crippen molar-refractivity contribution in [1.82, 2.24) is 10.1 Å². The van der Waals surface area contributed by atoms with Crippen LogP contribution in [0.25, 0.3) is 0 Å². The molecule has 0 aliphatic heterocycles. The van der Waals surface area contributed by atoms with Crippen molar-refractivity contribution in [3.8, 4) is 0 Å². The van der Waals surface area contributed by atoms with Crippen LogP contribution in [0.2, 0.25) is 0 Å². The maximum Gasteiger partial charge on any atom is 0.259 e. The van der Waals surface area contributed by atoms with E-state index in [2.05, 4.69) is 21.1 Å². The van der Waals surface area contributed by atoms with Crippen LogP contribution in [0.1, 0.15) is 23.0 Å². The van der Waals surface area contributed by atoms with Gasteiger partial charge in [-0.25, -0.2) is 0 Å². The number of hydrogen-bond donors (Lipinski definition) is 0. The van der Waals surface area contributed by atoms with E-state index in [0.717, 1.165) is 5.33 Å². The minimum Gasteiger partial charge on any atom is -0.361 e. The lowest BCUT2D eigenvalue weighted by Crippen LogP contribution is -2.32. The number of carbonyl (C=O) groups excluding carboxylic acids is 1. The maximum atomic E-state index is 11.9. The minimum absolute atomic E-state index is 0.0225. The van der Waals surface area contributed by atoms with Crippen LogP contribution < -0.4 is 0 Å². The largest absolute Gasteiger partial charge is 0.361 e. The van der Waals surface area contributed by atoms with Crippen molar-refractivity contribution in [3.05, 3.63) is 17.5 Å². The quantitative estimate of drug-likeness (QED) is 0.777. The van der Waals surface area contributed by atoms with Gasteiger partial charge in [-0.1, -0.05) is 21.1 Å². The lowest BCUT2D eigenvalue weighted by atomic mass is 10.2. The second kappa shape index (κ2) is 5.14. The van der Waals surface area contributed by atoms with E-state index in [1.54, 1.807) is 11.8 Å². The summed E-state index contributed by atoms with van der Waals surface area (Å²) >= 11 is 3.31. The van der Waals surface area contributed by atoms with Crippen LogP contribution in [-0.2, 0) is 0 Å². The molecule has 0 N–H and O–H groups in total. The number of amides is 1. The van der Waals surface area contributed by atoms with E-state index >= 15 is 0 Å². The molecule has 0 radical (unpaired) electrons. The second-order valence-electron chi connectivity index (χ2n) is 2.87. The molecule has 0 unspecified atom stereocenters. The summed E-state index contributed by atoms with van der Waals surface area (Å²) in [6.07, 6.45) is 1.47. The lowest BCUT2D eigenvalue weighted by molar-refractivity contribution is 0.0773. The van der Waals surface area contributed by atoms with Crippen molar-refractivity contribution in [2.75, 3.05) is 18.4 Å². The monoisotopic (exact) mass is 260 g/mol. The first-order chi connectivity index (χ1) is 6.70. The molecule has 0 aromatic carbocycles. The van der Waals surface area contributed by atoms with E-state index in [0.29, 0.717) is 24.4 Å². The van der Waals surface area contributed by atoms with Gasteiger partial charge in [0.15, 0.2) is 0 Å². The molecule has 14 heavy (non-hydrogen) atoms. The Morgan fingerprint density at radius 3 is 2.86 bits per heavy atom. The first kappa shape index (κ1) is 11.2. The third-order valence-electron chi connectivity index (χ3n) is 2.00. The SMILES string of the molecule is CCN(CCBr)C(=O)c1cnoc1C. The summed E-state index contributed by atoms with van der Waals surface area (Å²) in [7, 11) is 0. The molecule has 1 aromatic heterocycles. The van der Waals surface area contributed by atoms with Crippen molar-refractivity contribution in [1.29, 1.82) is 0 Å². The highest BCUT2D eigenvalue weighted by molar-refractivity contribution is 9.09. The van der Waals surface area contributed by atoms with Gasteiger partial charge in [-0.15, -0.1) is 0 Å². The summed E-state index contributed by atoms with van der Waals surface area (Å²) in [5.41, 5.74) is 0.549. The molecule has 1 amide bonds. The number of aryl methyl sites for hydroxylation is 1. The Labute approximate surface area is 91.4 Å². The van der Waals surface area contributed by atoms with Crippen molar-refractivity contribution < 1.29 is 9.32 Å². The molecule has 0 bridgehead atoms. The molecule has 0 atom stereocenters. The van der Waals surface area contributed by atoms with Gasteiger partial charge < -0.3 is 9.42 Å². The van der Waals surface area contributed by atoms with Crippen LogP contribution in [0.15, 0.2) is 10.7 Å². The van der Waals surface area contributed by atoms with Gasteiger partial charge in [0, 0.05) is 18.4 Å². The van der Waals surface area contributed by atoms with Gasteiger partial charge >= 0.3 is 0 Å². The van der Waals surface area contributed by atoms with E-state index in [1.807, 2.05) is 6.92 Å². The number of hydrogen-bond acceptors (Lipinski definition) is 3. The van der Waals surface area contributed by atoms with Gasteiger partial charge in [0.25, 0.3) is 5.91 Å². The number of nitrogens with zero attached hydrogens (tertiary/aromatic N) is 2. The predicted octanol–water partition coefficient (Wildman–Crippen LogP) is 1.84. The number of alkyl halides is 1. The third-order valence-corrected chi connectivity index (χ3v) is 2.36. The number of carbonyl (C=O) groups is 1. The summed E-state index contributed by atoms with van der Waals surface area (Å²) in [6.45, 7) is 5.07. The van der Waals surface area contributed by atoms with Gasteiger partial charge in [-0.2, -0.15) is 0 Å². The van der Waals surface area contributed by atoms with Crippen LogP contribution in [-0.4, -0.2) is 34.4 Å². The summed E-state index contributed by atoms with van der Waals surface area (Å²) in [5.74, 6) is 0.550. The summed E-state index contributed by atoms with van der Waals surface area (Å²) in [5, 5.41) is 4.36. The Morgan fingerprint density at radius 1 is 1.71 bits per heavy atom. The van der Waals surface area contributed by atoms with Crippen molar-refractivity contribution in [2.45, 2.75) is 13.8 Å². The van der Waals surface area contributed by atoms with Gasteiger partial charge in [-0.3, -0.25) is 4.79 Å². The van der Waals surface area contributed by atoms with E-state index < -0.39 is 0 Å². The van der Waals surface area contributed by atoms with Gasteiger partial charge in [0.2, 0.25) is 0 Å². The van der Waals surface area contributed by atoms with Crippen molar-refractivity contribution in [3.63, 3.8) is 0 Å². The molecule has 0 aliphatic carbocycles. The Hall–Kier alpha value is -0.840. The van der Waals surface area contributed by atoms with Crippen LogP contribution in [0.3, 0.4) is 0 Å². The van der Waals surface area contributed by atoms with Gasteiger partial charge in [0.1, 0.15) is 11.3 Å². The molecule has 0 saturated carbocycles. The molecule has 0 saturated heterocycles. The third kappa shape index (κ3) is 2.35. The zero-order chi connectivity index (χ0) is 10.6. The van der Waals surface area contributed by atoms with Crippen LogP contribution in [0.5, 0.6) is 0 Å². The average Bonchev–Trinajstić information content (AvgIpc) is 2.59. The fraction of sp³-hybridized carbons (Fsp3) is 0.556. The molecule has 1 heterocycles. The highest BCUT2D eigenvalue weighted by atomic mass is 79.9. The second-order valence-corrected chi connectivity index (χ2v) is 3.66. The standard InChI is InChI=1S/C9H13BrN2O2/c1-3-12(5-4-10)9(13)8-6-11-14-7(8)2/h6H,3-5H2,1-2H3. The molecular weight excluding hydrogens is 248 g/mol. The summed E-state index contributed by atoms with van der Waals surface area (Å²) in [6, 6.07) is 0. The smallest absolute Gasteiger partial charge is 0.259 e. The molecule has 5 heteroatoms. The zero-order valence-electron chi connectivity index (χ0n) is 8.29. The zero-order valence-corrected chi connectivity index (χ0v) is 9.87. The van der Waals surface area contributed by atoms with Crippen LogP contribution in [0.4, 0.5) is 0 Å². The van der Waals surface area contributed by atoms with Crippen LogP contribution >= 0.6 is 15.9 Å². The van der Waals surface area contributed by atoms with Gasteiger partial charge in [0.05, 0.1) is 6.20 Å². The average molecular weight is 261 g/mol. The highest BCUT2D eigenvalue weighted by Crippen LogP contribution is 2.09. The Morgan fingerprint density at radius 2 is 2.43 bits per heavy atom. The Balaban J connectivity index is 2.78. The van der Waals surface area contributed by atoms with E-state index in [-0.39, 0.29) is 5.91 Å². The van der Waals surface area contributed by atoms with E-state index in [4.69, 9.17) is 4.52 Å². The predicted molar refractivity (Wildman–Crippen MR) is 56.6 cm³/mol. The fourth-order valence-corrected chi connectivity index (χ4v) is 1.61. The molecule has 1 aromatic rings. The molecule has 78 valence electrons. The minimum atomic E-state index is -0.0225. The normalized spacial score (nSPS) is 10.2. The molecule has 0 fully saturated rings. The topological polar surface area (TPSA) is 46.3 Å². The van der Waals surface area contributed by atoms with Crippen molar-refractivity contribution in [2.24, 2.45) is 0 Å². The molecule has 4 nitrogen and oxygen atoms in total. The Bertz CT molecular complexity index is 312.